The van der Waals surface area contributed by atoms with Crippen LogP contribution in [0.5, 0.6) is 0 Å². The van der Waals surface area contributed by atoms with Crippen LogP contribution in [-0.2, 0) is 11.3 Å². The zero-order chi connectivity index (χ0) is 13.1. The number of anilines is 1. The Balaban J connectivity index is 2.36. The van der Waals surface area contributed by atoms with Crippen molar-refractivity contribution >= 4 is 5.82 Å². The van der Waals surface area contributed by atoms with Crippen LogP contribution < -0.4 is 5.73 Å². The third-order valence-electron chi connectivity index (χ3n) is 2.72. The van der Waals surface area contributed by atoms with Crippen molar-refractivity contribution in [3.8, 4) is 11.4 Å². The molecule has 5 nitrogen and oxygen atoms in total. The van der Waals surface area contributed by atoms with Crippen LogP contribution >= 0.6 is 0 Å². The average Bonchev–Trinajstić information content (AvgIpc) is 2.65. The van der Waals surface area contributed by atoms with Gasteiger partial charge >= 0.3 is 0 Å². The van der Waals surface area contributed by atoms with Gasteiger partial charge in [-0.3, -0.25) is 4.98 Å². The zero-order valence-electron chi connectivity index (χ0n) is 10.4. The first kappa shape index (κ1) is 12.5. The van der Waals surface area contributed by atoms with Gasteiger partial charge in [0.25, 0.3) is 0 Å². The van der Waals surface area contributed by atoms with Crippen molar-refractivity contribution in [2.45, 2.75) is 13.5 Å². The minimum Gasteiger partial charge on any atom is -0.384 e. The molecule has 96 valence electrons. The van der Waals surface area contributed by atoms with Crippen LogP contribution in [0, 0.1) is 12.7 Å². The van der Waals surface area contributed by atoms with Crippen LogP contribution in [0.25, 0.3) is 11.4 Å². The summed E-state index contributed by atoms with van der Waals surface area (Å²) in [6.07, 6.45) is 1.17. The van der Waals surface area contributed by atoms with Crippen molar-refractivity contribution in [2.75, 3.05) is 19.5 Å². The molecule has 0 aliphatic heterocycles. The summed E-state index contributed by atoms with van der Waals surface area (Å²) in [5, 5.41) is 4.37. The molecule has 0 saturated heterocycles. The third kappa shape index (κ3) is 2.33. The van der Waals surface area contributed by atoms with Gasteiger partial charge in [0.05, 0.1) is 25.0 Å². The highest BCUT2D eigenvalue weighted by atomic mass is 19.1. The maximum Gasteiger partial charge on any atom is 0.141 e. The molecular formula is C12H15FN4O. The summed E-state index contributed by atoms with van der Waals surface area (Å²) < 4.78 is 19.5. The largest absolute Gasteiger partial charge is 0.384 e. The van der Waals surface area contributed by atoms with Crippen molar-refractivity contribution in [2.24, 2.45) is 0 Å². The molecule has 0 atom stereocenters. The van der Waals surface area contributed by atoms with Gasteiger partial charge in [0, 0.05) is 12.7 Å². The molecule has 2 heterocycles. The molecule has 2 aromatic rings. The molecule has 18 heavy (non-hydrogen) atoms. The molecule has 2 rings (SSSR count). The Hall–Kier alpha value is -1.95. The third-order valence-corrected chi connectivity index (χ3v) is 2.72. The van der Waals surface area contributed by atoms with E-state index >= 15 is 0 Å². The fourth-order valence-electron chi connectivity index (χ4n) is 1.67. The summed E-state index contributed by atoms with van der Waals surface area (Å²) in [5.41, 5.74) is 8.07. The molecule has 0 radical (unpaired) electrons. The van der Waals surface area contributed by atoms with Crippen LogP contribution in [0.15, 0.2) is 18.3 Å². The Morgan fingerprint density at radius 2 is 2.22 bits per heavy atom. The molecule has 6 heteroatoms. The first-order valence-corrected chi connectivity index (χ1v) is 5.57. The van der Waals surface area contributed by atoms with Crippen LogP contribution in [-0.4, -0.2) is 28.5 Å². The Labute approximate surface area is 104 Å². The molecule has 0 aromatic carbocycles. The number of aromatic nitrogens is 3. The number of nitrogens with two attached hydrogens (primary N) is 1. The SMILES string of the molecule is COCCn1nc(-c2ccc(F)cn2)c(C)c1N. The summed E-state index contributed by atoms with van der Waals surface area (Å²) in [6, 6.07) is 2.94. The highest BCUT2D eigenvalue weighted by Gasteiger charge is 2.14. The molecule has 0 fully saturated rings. The van der Waals surface area contributed by atoms with Crippen molar-refractivity contribution in [3.05, 3.63) is 29.7 Å². The van der Waals surface area contributed by atoms with Gasteiger partial charge in [-0.25, -0.2) is 9.07 Å². The van der Waals surface area contributed by atoms with Gasteiger partial charge < -0.3 is 10.5 Å². The van der Waals surface area contributed by atoms with E-state index in [-0.39, 0.29) is 5.82 Å². The van der Waals surface area contributed by atoms with Gasteiger partial charge in [0.15, 0.2) is 0 Å². The van der Waals surface area contributed by atoms with E-state index in [9.17, 15) is 4.39 Å². The molecule has 0 saturated carbocycles. The Morgan fingerprint density at radius 3 is 2.83 bits per heavy atom. The lowest BCUT2D eigenvalue weighted by molar-refractivity contribution is 0.184. The zero-order valence-corrected chi connectivity index (χ0v) is 10.4. The van der Waals surface area contributed by atoms with Gasteiger partial charge in [0.2, 0.25) is 0 Å². The van der Waals surface area contributed by atoms with E-state index in [1.165, 1.54) is 12.3 Å². The number of halogens is 1. The van der Waals surface area contributed by atoms with Crippen LogP contribution in [0.2, 0.25) is 0 Å². The Morgan fingerprint density at radius 1 is 1.44 bits per heavy atom. The molecular weight excluding hydrogens is 235 g/mol. The standard InChI is InChI=1S/C12H15FN4O/c1-8-11(10-4-3-9(13)7-15-10)16-17(12(8)14)5-6-18-2/h3-4,7H,5-6,14H2,1-2H3. The molecule has 0 aliphatic rings. The van der Waals surface area contributed by atoms with E-state index in [2.05, 4.69) is 10.1 Å². The van der Waals surface area contributed by atoms with Gasteiger partial charge in [-0.1, -0.05) is 0 Å². The summed E-state index contributed by atoms with van der Waals surface area (Å²) >= 11 is 0. The first-order chi connectivity index (χ1) is 8.63. The van der Waals surface area contributed by atoms with Gasteiger partial charge in [-0.05, 0) is 19.1 Å². The Bertz CT molecular complexity index is 536. The smallest absolute Gasteiger partial charge is 0.141 e. The summed E-state index contributed by atoms with van der Waals surface area (Å²) in [4.78, 5) is 4.01. The predicted molar refractivity (Wildman–Crippen MR) is 66.4 cm³/mol. The van der Waals surface area contributed by atoms with Crippen molar-refractivity contribution in [1.29, 1.82) is 0 Å². The fraction of sp³-hybridized carbons (Fsp3) is 0.333. The van der Waals surface area contributed by atoms with Crippen LogP contribution in [0.3, 0.4) is 0 Å². The van der Waals surface area contributed by atoms with Crippen molar-refractivity contribution in [1.82, 2.24) is 14.8 Å². The molecule has 2 N–H and O–H groups in total. The number of nitrogen functional groups attached to an aromatic ring is 1. The van der Waals surface area contributed by atoms with Crippen molar-refractivity contribution in [3.63, 3.8) is 0 Å². The van der Waals surface area contributed by atoms with Gasteiger partial charge in [-0.2, -0.15) is 5.10 Å². The number of hydrogen-bond acceptors (Lipinski definition) is 4. The van der Waals surface area contributed by atoms with E-state index in [0.717, 1.165) is 5.56 Å². The predicted octanol–water partition coefficient (Wildman–Crippen LogP) is 1.62. The Kier molecular flexibility index (Phi) is 3.57. The summed E-state index contributed by atoms with van der Waals surface area (Å²) in [5.74, 6) is 0.205. The van der Waals surface area contributed by atoms with E-state index in [0.29, 0.717) is 30.4 Å². The second-order valence-corrected chi connectivity index (χ2v) is 3.94. The molecule has 0 bridgehead atoms. The molecule has 0 spiro atoms. The summed E-state index contributed by atoms with van der Waals surface area (Å²) in [7, 11) is 1.62. The minimum absolute atomic E-state index is 0.372. The monoisotopic (exact) mass is 250 g/mol. The molecule has 0 unspecified atom stereocenters. The maximum atomic E-state index is 12.8. The van der Waals surface area contributed by atoms with E-state index in [4.69, 9.17) is 10.5 Å². The van der Waals surface area contributed by atoms with Crippen molar-refractivity contribution < 1.29 is 9.13 Å². The highest BCUT2D eigenvalue weighted by molar-refractivity contribution is 5.64. The van der Waals surface area contributed by atoms with Crippen LogP contribution in [0.4, 0.5) is 10.2 Å². The molecule has 0 aliphatic carbocycles. The lowest BCUT2D eigenvalue weighted by Crippen LogP contribution is -2.09. The molecule has 2 aromatic heterocycles. The first-order valence-electron chi connectivity index (χ1n) is 5.57. The number of hydrogen-bond donors (Lipinski definition) is 1. The average molecular weight is 250 g/mol. The second kappa shape index (κ2) is 5.14. The quantitative estimate of drug-likeness (QED) is 0.895. The maximum absolute atomic E-state index is 12.8. The number of methoxy groups -OCH3 is 1. The lowest BCUT2D eigenvalue weighted by atomic mass is 10.2. The molecule has 0 amide bonds. The van der Waals surface area contributed by atoms with Gasteiger partial charge in [0.1, 0.15) is 17.3 Å². The van der Waals surface area contributed by atoms with E-state index in [1.54, 1.807) is 17.9 Å². The van der Waals surface area contributed by atoms with Gasteiger partial charge in [-0.15, -0.1) is 0 Å². The lowest BCUT2D eigenvalue weighted by Gasteiger charge is -2.02. The number of nitrogens with zero attached hydrogens (tertiary/aromatic N) is 3. The summed E-state index contributed by atoms with van der Waals surface area (Å²) in [6.45, 7) is 2.97. The fourth-order valence-corrected chi connectivity index (χ4v) is 1.67. The minimum atomic E-state index is -0.372. The number of rotatable bonds is 4. The number of pyridine rings is 1. The second-order valence-electron chi connectivity index (χ2n) is 3.94. The van der Waals surface area contributed by atoms with E-state index in [1.807, 2.05) is 6.92 Å². The number of ether oxygens (including phenoxy) is 1. The van der Waals surface area contributed by atoms with E-state index < -0.39 is 0 Å². The topological polar surface area (TPSA) is 66.0 Å². The normalized spacial score (nSPS) is 10.8. The highest BCUT2D eigenvalue weighted by Crippen LogP contribution is 2.24. The van der Waals surface area contributed by atoms with Crippen LogP contribution in [0.1, 0.15) is 5.56 Å².